The van der Waals surface area contributed by atoms with Crippen molar-refractivity contribution in [1.29, 1.82) is 0 Å². The number of allylic oxidation sites excluding steroid dienone is 2. The third-order valence-electron chi connectivity index (χ3n) is 1.24. The van der Waals surface area contributed by atoms with Gasteiger partial charge in [-0.3, -0.25) is 4.79 Å². The first-order valence-corrected chi connectivity index (χ1v) is 5.26. The largest absolute Gasteiger partial charge is 0.459 e. The molecule has 0 bridgehead atoms. The van der Waals surface area contributed by atoms with E-state index in [0.29, 0.717) is 6.42 Å². The van der Waals surface area contributed by atoms with Crippen LogP contribution in [0.2, 0.25) is 0 Å². The number of carbonyl (C=O) groups is 1. The Morgan fingerprint density at radius 3 is 2.46 bits per heavy atom. The van der Waals surface area contributed by atoms with Crippen molar-refractivity contribution >= 4 is 21.9 Å². The van der Waals surface area contributed by atoms with Crippen molar-refractivity contribution < 1.29 is 9.53 Å². The molecule has 0 aromatic heterocycles. The summed E-state index contributed by atoms with van der Waals surface area (Å²) in [6, 6.07) is 0. The van der Waals surface area contributed by atoms with Gasteiger partial charge in [-0.15, -0.1) is 0 Å². The third kappa shape index (κ3) is 6.82. The third-order valence-corrected chi connectivity index (χ3v) is 1.99. The van der Waals surface area contributed by atoms with Crippen LogP contribution in [0, 0.1) is 0 Å². The van der Waals surface area contributed by atoms with Crippen LogP contribution < -0.4 is 0 Å². The van der Waals surface area contributed by atoms with Crippen LogP contribution in [-0.2, 0) is 9.53 Å². The van der Waals surface area contributed by atoms with Crippen molar-refractivity contribution in [3.05, 3.63) is 12.2 Å². The Balaban J connectivity index is 3.97. The van der Waals surface area contributed by atoms with Gasteiger partial charge in [0.1, 0.15) is 10.4 Å². The first-order valence-electron chi connectivity index (χ1n) is 4.35. The summed E-state index contributed by atoms with van der Waals surface area (Å²) in [5.74, 6) is -0.203. The highest BCUT2D eigenvalue weighted by Crippen LogP contribution is 2.14. The fraction of sp³-hybridized carbons (Fsp3) is 0.700. The second-order valence-electron chi connectivity index (χ2n) is 3.81. The van der Waals surface area contributed by atoms with Gasteiger partial charge < -0.3 is 4.74 Å². The summed E-state index contributed by atoms with van der Waals surface area (Å²) in [6.07, 6.45) is 4.52. The minimum absolute atomic E-state index is 0.203. The molecule has 0 radical (unpaired) electrons. The Hall–Kier alpha value is -0.310. The molecule has 0 rings (SSSR count). The normalized spacial score (nSPS) is 14.5. The van der Waals surface area contributed by atoms with Gasteiger partial charge >= 0.3 is 5.97 Å². The van der Waals surface area contributed by atoms with Gasteiger partial charge in [0.05, 0.1) is 0 Å². The summed E-state index contributed by atoms with van der Waals surface area (Å²) >= 11 is 3.27. The molecule has 1 unspecified atom stereocenters. The van der Waals surface area contributed by atoms with E-state index in [1.165, 1.54) is 0 Å². The number of halogens is 1. The van der Waals surface area contributed by atoms with Crippen molar-refractivity contribution in [3.8, 4) is 0 Å². The van der Waals surface area contributed by atoms with Crippen molar-refractivity contribution in [2.24, 2.45) is 0 Å². The molecule has 0 fully saturated rings. The molecule has 0 N–H and O–H groups in total. The molecule has 2 nitrogen and oxygen atoms in total. The first kappa shape index (κ1) is 12.7. The lowest BCUT2D eigenvalue weighted by atomic mass is 10.2. The van der Waals surface area contributed by atoms with E-state index in [9.17, 15) is 4.79 Å². The summed E-state index contributed by atoms with van der Waals surface area (Å²) in [5, 5.41) is 0. The standard InChI is InChI=1S/C10H17BrO2/c1-5-6-7-8(11)9(12)13-10(2,3)4/h5-6,8H,7H2,1-4H3. The van der Waals surface area contributed by atoms with Gasteiger partial charge in [0.15, 0.2) is 0 Å². The van der Waals surface area contributed by atoms with E-state index in [2.05, 4.69) is 15.9 Å². The maximum atomic E-state index is 11.4. The molecular weight excluding hydrogens is 232 g/mol. The number of carbonyl (C=O) groups excluding carboxylic acids is 1. The molecule has 0 aromatic carbocycles. The molecule has 0 aliphatic rings. The molecule has 0 aromatic rings. The minimum atomic E-state index is -0.404. The van der Waals surface area contributed by atoms with Crippen LogP contribution in [0.25, 0.3) is 0 Å². The topological polar surface area (TPSA) is 26.3 Å². The summed E-state index contributed by atoms with van der Waals surface area (Å²) < 4.78 is 5.18. The first-order chi connectivity index (χ1) is 5.87. The van der Waals surface area contributed by atoms with Gasteiger partial charge in [-0.25, -0.2) is 0 Å². The Morgan fingerprint density at radius 2 is 2.08 bits per heavy atom. The molecule has 13 heavy (non-hydrogen) atoms. The van der Waals surface area contributed by atoms with Crippen molar-refractivity contribution in [2.45, 2.75) is 44.5 Å². The number of hydrogen-bond acceptors (Lipinski definition) is 2. The van der Waals surface area contributed by atoms with Crippen LogP contribution in [0.5, 0.6) is 0 Å². The van der Waals surface area contributed by atoms with Gasteiger partial charge in [0, 0.05) is 0 Å². The van der Waals surface area contributed by atoms with Gasteiger partial charge in [0.2, 0.25) is 0 Å². The SMILES string of the molecule is CC=CCC(Br)C(=O)OC(C)(C)C. The zero-order valence-electron chi connectivity index (χ0n) is 8.63. The summed E-state index contributed by atoms with van der Waals surface area (Å²) in [4.78, 5) is 11.1. The van der Waals surface area contributed by atoms with E-state index in [0.717, 1.165) is 0 Å². The van der Waals surface area contributed by atoms with Gasteiger partial charge in [-0.05, 0) is 34.1 Å². The maximum absolute atomic E-state index is 11.4. The fourth-order valence-corrected chi connectivity index (χ4v) is 1.03. The highest BCUT2D eigenvalue weighted by atomic mass is 79.9. The summed E-state index contributed by atoms with van der Waals surface area (Å²) in [5.41, 5.74) is -0.404. The average molecular weight is 249 g/mol. The minimum Gasteiger partial charge on any atom is -0.459 e. The van der Waals surface area contributed by atoms with Crippen molar-refractivity contribution in [3.63, 3.8) is 0 Å². The smallest absolute Gasteiger partial charge is 0.320 e. The van der Waals surface area contributed by atoms with Crippen molar-refractivity contribution in [1.82, 2.24) is 0 Å². The van der Waals surface area contributed by atoms with Crippen LogP contribution in [0.1, 0.15) is 34.1 Å². The lowest BCUT2D eigenvalue weighted by Crippen LogP contribution is -2.28. The second kappa shape index (κ2) is 5.43. The Labute approximate surface area is 88.5 Å². The number of esters is 1. The van der Waals surface area contributed by atoms with Crippen LogP contribution >= 0.6 is 15.9 Å². The fourth-order valence-electron chi connectivity index (χ4n) is 0.717. The van der Waals surface area contributed by atoms with Gasteiger partial charge in [-0.2, -0.15) is 0 Å². The van der Waals surface area contributed by atoms with E-state index in [1.54, 1.807) is 0 Å². The molecule has 0 amide bonds. The molecule has 76 valence electrons. The average Bonchev–Trinajstić information content (AvgIpc) is 1.96. The van der Waals surface area contributed by atoms with Gasteiger partial charge in [-0.1, -0.05) is 28.1 Å². The van der Waals surface area contributed by atoms with E-state index >= 15 is 0 Å². The summed E-state index contributed by atoms with van der Waals surface area (Å²) in [6.45, 7) is 7.51. The molecule has 0 aliphatic carbocycles. The van der Waals surface area contributed by atoms with Crippen LogP contribution in [0.3, 0.4) is 0 Å². The van der Waals surface area contributed by atoms with E-state index in [4.69, 9.17) is 4.74 Å². The Morgan fingerprint density at radius 1 is 1.54 bits per heavy atom. The molecule has 0 heterocycles. The lowest BCUT2D eigenvalue weighted by molar-refractivity contribution is -0.153. The Kier molecular flexibility index (Phi) is 5.30. The van der Waals surface area contributed by atoms with E-state index in [-0.39, 0.29) is 10.8 Å². The Bertz CT molecular complexity index is 192. The van der Waals surface area contributed by atoms with Crippen LogP contribution in [0.15, 0.2) is 12.2 Å². The highest BCUT2D eigenvalue weighted by Gasteiger charge is 2.21. The zero-order chi connectivity index (χ0) is 10.5. The molecule has 0 aliphatic heterocycles. The lowest BCUT2D eigenvalue weighted by Gasteiger charge is -2.21. The summed E-state index contributed by atoms with van der Waals surface area (Å²) in [7, 11) is 0. The van der Waals surface area contributed by atoms with Crippen molar-refractivity contribution in [2.75, 3.05) is 0 Å². The zero-order valence-corrected chi connectivity index (χ0v) is 10.2. The van der Waals surface area contributed by atoms with Crippen LogP contribution in [0.4, 0.5) is 0 Å². The van der Waals surface area contributed by atoms with Gasteiger partial charge in [0.25, 0.3) is 0 Å². The number of rotatable bonds is 3. The van der Waals surface area contributed by atoms with E-state index < -0.39 is 5.60 Å². The quantitative estimate of drug-likeness (QED) is 0.436. The maximum Gasteiger partial charge on any atom is 0.320 e. The molecule has 0 spiro atoms. The predicted octanol–water partition coefficient (Wildman–Crippen LogP) is 3.06. The monoisotopic (exact) mass is 248 g/mol. The predicted molar refractivity (Wildman–Crippen MR) is 58.0 cm³/mol. The number of hydrogen-bond donors (Lipinski definition) is 0. The second-order valence-corrected chi connectivity index (χ2v) is 4.91. The number of alkyl halides is 1. The molecule has 3 heteroatoms. The molecular formula is C10H17BrO2. The number of ether oxygens (including phenoxy) is 1. The molecule has 1 atom stereocenters. The van der Waals surface area contributed by atoms with Crippen LogP contribution in [-0.4, -0.2) is 16.4 Å². The highest BCUT2D eigenvalue weighted by molar-refractivity contribution is 9.10. The molecule has 0 saturated carbocycles. The van der Waals surface area contributed by atoms with E-state index in [1.807, 2.05) is 39.8 Å². The molecule has 0 saturated heterocycles.